The quantitative estimate of drug-likeness (QED) is 0.0701. The highest BCUT2D eigenvalue weighted by molar-refractivity contribution is 5.97. The van der Waals surface area contributed by atoms with Gasteiger partial charge in [0.2, 0.25) is 0 Å². The van der Waals surface area contributed by atoms with Crippen molar-refractivity contribution in [1.82, 2.24) is 4.90 Å². The van der Waals surface area contributed by atoms with E-state index in [0.717, 1.165) is 0 Å². The molecule has 244 valence electrons. The summed E-state index contributed by atoms with van der Waals surface area (Å²) < 4.78 is 17.6. The third-order valence-electron chi connectivity index (χ3n) is 7.31. The van der Waals surface area contributed by atoms with Crippen molar-refractivity contribution in [2.45, 2.75) is 51.7 Å². The van der Waals surface area contributed by atoms with Gasteiger partial charge in [-0.25, -0.2) is 0 Å². The van der Waals surface area contributed by atoms with Crippen LogP contribution in [-0.2, 0) is 9.53 Å². The standard InChI is InChI=1S/C33H40N6O7/c1-33(2,3)46-32(41)28(34)16-20-12-14-39(15-13-20)31(40)23-17-26(44-24-8-4-21(5-9-24)29(35)37-42)19-27(18-23)45-25-10-6-22(7-11-25)30(36)38-43/h4-11,17-20,28,42-43H,12-16,34H2,1-3H3,(H2,35,37)(H2,36,38). The Hall–Kier alpha value is -5.30. The van der Waals surface area contributed by atoms with Crippen LogP contribution in [0.25, 0.3) is 0 Å². The first-order valence-electron chi connectivity index (χ1n) is 14.8. The molecule has 3 aromatic carbocycles. The second-order valence-corrected chi connectivity index (χ2v) is 12.0. The predicted molar refractivity (Wildman–Crippen MR) is 172 cm³/mol. The molecule has 8 N–H and O–H groups in total. The fourth-order valence-electron chi connectivity index (χ4n) is 4.98. The first-order chi connectivity index (χ1) is 21.8. The van der Waals surface area contributed by atoms with E-state index in [1.54, 1.807) is 92.4 Å². The Morgan fingerprint density at radius 1 is 0.804 bits per heavy atom. The Balaban J connectivity index is 1.51. The zero-order valence-electron chi connectivity index (χ0n) is 26.1. The monoisotopic (exact) mass is 632 g/mol. The van der Waals surface area contributed by atoms with E-state index < -0.39 is 17.6 Å². The van der Waals surface area contributed by atoms with Crippen molar-refractivity contribution in [2.24, 2.45) is 33.4 Å². The number of ether oxygens (including phenoxy) is 3. The van der Waals surface area contributed by atoms with Crippen LogP contribution in [0, 0.1) is 5.92 Å². The minimum absolute atomic E-state index is 0.0385. The molecule has 1 saturated heterocycles. The Kier molecular flexibility index (Phi) is 10.7. The van der Waals surface area contributed by atoms with Crippen molar-refractivity contribution in [3.63, 3.8) is 0 Å². The Morgan fingerprint density at radius 2 is 1.26 bits per heavy atom. The number of carbonyl (C=O) groups excluding carboxylic acids is 2. The van der Waals surface area contributed by atoms with Gasteiger partial charge in [-0.3, -0.25) is 9.59 Å². The van der Waals surface area contributed by atoms with E-state index in [1.807, 2.05) is 0 Å². The van der Waals surface area contributed by atoms with E-state index in [9.17, 15) is 9.59 Å². The summed E-state index contributed by atoms with van der Waals surface area (Å²) in [6, 6.07) is 17.4. The number of hydrogen-bond acceptors (Lipinski definition) is 10. The van der Waals surface area contributed by atoms with Gasteiger partial charge in [-0.05, 0) is 107 Å². The van der Waals surface area contributed by atoms with Gasteiger partial charge in [0.05, 0.1) is 0 Å². The molecule has 3 aromatic rings. The summed E-state index contributed by atoms with van der Waals surface area (Å²) in [6.45, 7) is 6.41. The molecule has 0 saturated carbocycles. The van der Waals surface area contributed by atoms with Crippen molar-refractivity contribution in [1.29, 1.82) is 0 Å². The second-order valence-electron chi connectivity index (χ2n) is 12.0. The van der Waals surface area contributed by atoms with Crippen molar-refractivity contribution in [3.8, 4) is 23.0 Å². The summed E-state index contributed by atoms with van der Waals surface area (Å²) >= 11 is 0. The fraction of sp³-hybridized carbons (Fsp3) is 0.333. The maximum Gasteiger partial charge on any atom is 0.323 e. The van der Waals surface area contributed by atoms with Gasteiger partial charge in [-0.15, -0.1) is 0 Å². The first-order valence-corrected chi connectivity index (χ1v) is 14.8. The lowest BCUT2D eigenvalue weighted by Crippen LogP contribution is -2.42. The minimum atomic E-state index is -0.720. The molecule has 1 heterocycles. The number of rotatable bonds is 10. The van der Waals surface area contributed by atoms with Crippen LogP contribution >= 0.6 is 0 Å². The first kappa shape index (κ1) is 33.6. The lowest BCUT2D eigenvalue weighted by molar-refractivity contribution is -0.157. The highest BCUT2D eigenvalue weighted by Gasteiger charge is 2.29. The number of nitrogens with zero attached hydrogens (tertiary/aromatic N) is 3. The number of likely N-dealkylation sites (tertiary alicyclic amines) is 1. The molecule has 13 heteroatoms. The summed E-state index contributed by atoms with van der Waals surface area (Å²) in [5.41, 5.74) is 18.2. The maximum atomic E-state index is 13.7. The summed E-state index contributed by atoms with van der Waals surface area (Å²) in [6.07, 6.45) is 1.88. The number of oxime groups is 2. The van der Waals surface area contributed by atoms with E-state index in [0.29, 0.717) is 72.0 Å². The number of benzene rings is 3. The van der Waals surface area contributed by atoms with Crippen LogP contribution in [0.5, 0.6) is 23.0 Å². The van der Waals surface area contributed by atoms with Crippen LogP contribution < -0.4 is 26.7 Å². The van der Waals surface area contributed by atoms with Crippen LogP contribution in [0.1, 0.15) is 61.5 Å². The molecule has 0 spiro atoms. The van der Waals surface area contributed by atoms with Crippen LogP contribution in [-0.4, -0.2) is 63.6 Å². The van der Waals surface area contributed by atoms with Crippen LogP contribution in [0.4, 0.5) is 0 Å². The molecule has 46 heavy (non-hydrogen) atoms. The third-order valence-corrected chi connectivity index (χ3v) is 7.31. The number of amidine groups is 2. The predicted octanol–water partition coefficient (Wildman–Crippen LogP) is 4.37. The van der Waals surface area contributed by atoms with Crippen LogP contribution in [0.3, 0.4) is 0 Å². The summed E-state index contributed by atoms with van der Waals surface area (Å²) in [5.74, 6) is 1.09. The highest BCUT2D eigenvalue weighted by atomic mass is 16.6. The number of nitrogens with two attached hydrogens (primary N) is 3. The molecule has 0 aliphatic carbocycles. The number of hydrogen-bond donors (Lipinski definition) is 5. The van der Waals surface area contributed by atoms with Crippen molar-refractivity contribution >= 4 is 23.5 Å². The molecule has 1 fully saturated rings. The van der Waals surface area contributed by atoms with Crippen LogP contribution in [0.2, 0.25) is 0 Å². The summed E-state index contributed by atoms with van der Waals surface area (Å²) in [5, 5.41) is 23.9. The van der Waals surface area contributed by atoms with E-state index in [4.69, 9.17) is 41.8 Å². The van der Waals surface area contributed by atoms with Crippen molar-refractivity contribution in [2.75, 3.05) is 13.1 Å². The van der Waals surface area contributed by atoms with Crippen molar-refractivity contribution in [3.05, 3.63) is 83.4 Å². The summed E-state index contributed by atoms with van der Waals surface area (Å²) in [7, 11) is 0. The smallest absolute Gasteiger partial charge is 0.323 e. The molecule has 1 aliphatic heterocycles. The van der Waals surface area contributed by atoms with E-state index >= 15 is 0 Å². The number of carbonyl (C=O) groups is 2. The van der Waals surface area contributed by atoms with Gasteiger partial charge in [-0.1, -0.05) is 10.3 Å². The fourth-order valence-corrected chi connectivity index (χ4v) is 4.98. The molecular formula is C33H40N6O7. The highest BCUT2D eigenvalue weighted by Crippen LogP contribution is 2.32. The lowest BCUT2D eigenvalue weighted by atomic mass is 9.90. The van der Waals surface area contributed by atoms with Gasteiger partial charge >= 0.3 is 5.97 Å². The average molecular weight is 633 g/mol. The Labute approximate surface area is 267 Å². The molecule has 1 aliphatic rings. The van der Waals surface area contributed by atoms with Gasteiger partial charge < -0.3 is 46.7 Å². The van der Waals surface area contributed by atoms with Gasteiger partial charge in [0.25, 0.3) is 5.91 Å². The molecule has 1 unspecified atom stereocenters. The second kappa shape index (κ2) is 14.7. The third kappa shape index (κ3) is 9.11. The zero-order valence-corrected chi connectivity index (χ0v) is 26.1. The topological polar surface area (TPSA) is 208 Å². The maximum absolute atomic E-state index is 13.7. The average Bonchev–Trinajstić information content (AvgIpc) is 3.03. The Bertz CT molecular complexity index is 1490. The molecule has 4 rings (SSSR count). The van der Waals surface area contributed by atoms with Crippen LogP contribution in [0.15, 0.2) is 77.0 Å². The number of piperidine rings is 1. The lowest BCUT2D eigenvalue weighted by Gasteiger charge is -2.33. The van der Waals surface area contributed by atoms with Gasteiger partial charge in [0.1, 0.15) is 34.6 Å². The molecule has 1 atom stereocenters. The van der Waals surface area contributed by atoms with E-state index in [2.05, 4.69) is 10.3 Å². The van der Waals surface area contributed by atoms with E-state index in [-0.39, 0.29) is 23.5 Å². The molecule has 1 amide bonds. The van der Waals surface area contributed by atoms with Crippen molar-refractivity contribution < 1.29 is 34.2 Å². The summed E-state index contributed by atoms with van der Waals surface area (Å²) in [4.78, 5) is 27.8. The van der Waals surface area contributed by atoms with Gasteiger partial charge in [0, 0.05) is 35.8 Å². The molecule has 0 bridgehead atoms. The molecule has 0 radical (unpaired) electrons. The Morgan fingerprint density at radius 3 is 1.67 bits per heavy atom. The van der Waals surface area contributed by atoms with Gasteiger partial charge in [-0.2, -0.15) is 0 Å². The zero-order chi connectivity index (χ0) is 33.4. The molecular weight excluding hydrogens is 592 g/mol. The number of amides is 1. The molecule has 13 nitrogen and oxygen atoms in total. The minimum Gasteiger partial charge on any atom is -0.459 e. The van der Waals surface area contributed by atoms with E-state index in [1.165, 1.54) is 0 Å². The van der Waals surface area contributed by atoms with Gasteiger partial charge in [0.15, 0.2) is 11.7 Å². The molecule has 0 aromatic heterocycles. The number of esters is 1. The normalized spacial score (nSPS) is 15.3. The largest absolute Gasteiger partial charge is 0.459 e. The SMILES string of the molecule is CC(C)(C)OC(=O)C(N)CC1CCN(C(=O)c2cc(Oc3ccc(C(N)=NO)cc3)cc(Oc3ccc(C(N)=NO)cc3)c2)CC1.